The highest BCUT2D eigenvalue weighted by molar-refractivity contribution is 5.77. The van der Waals surface area contributed by atoms with Crippen molar-refractivity contribution < 1.29 is 4.39 Å². The average molecular weight is 378 g/mol. The largest absolute Gasteiger partial charge is 0.355 e. The van der Waals surface area contributed by atoms with E-state index < -0.39 is 0 Å². The zero-order valence-corrected chi connectivity index (χ0v) is 15.2. The minimum atomic E-state index is -0.383. The van der Waals surface area contributed by atoms with Crippen LogP contribution in [0, 0.1) is 11.7 Å². The van der Waals surface area contributed by atoms with Crippen LogP contribution in [0.15, 0.2) is 54.0 Å². The Bertz CT molecular complexity index is 1210. The molecule has 0 amide bonds. The van der Waals surface area contributed by atoms with E-state index in [1.807, 2.05) is 16.8 Å². The van der Waals surface area contributed by atoms with Gasteiger partial charge in [0.25, 0.3) is 5.56 Å². The number of hydrogen-bond acceptors (Lipinski definition) is 5. The Labute approximate surface area is 160 Å². The molecule has 4 heterocycles. The van der Waals surface area contributed by atoms with Crippen molar-refractivity contribution in [2.45, 2.75) is 19.4 Å². The molecule has 1 saturated heterocycles. The Hall–Kier alpha value is -3.29. The van der Waals surface area contributed by atoms with Gasteiger partial charge in [0.15, 0.2) is 5.82 Å². The first-order valence-electron chi connectivity index (χ1n) is 9.37. The lowest BCUT2D eigenvalue weighted by molar-refractivity contribution is 0.351. The molecule has 142 valence electrons. The third-order valence-corrected chi connectivity index (χ3v) is 5.46. The first kappa shape index (κ1) is 16.9. The van der Waals surface area contributed by atoms with Crippen molar-refractivity contribution in [3.8, 4) is 0 Å². The number of rotatable bonds is 3. The van der Waals surface area contributed by atoms with Gasteiger partial charge in [-0.05, 0) is 37.0 Å². The van der Waals surface area contributed by atoms with E-state index in [2.05, 4.69) is 20.0 Å². The number of hydrogen-bond donors (Lipinski definition) is 0. The summed E-state index contributed by atoms with van der Waals surface area (Å²) in [7, 11) is 0. The highest BCUT2D eigenvalue weighted by Crippen LogP contribution is 2.25. The van der Waals surface area contributed by atoms with Crippen LogP contribution in [0.25, 0.3) is 16.4 Å². The van der Waals surface area contributed by atoms with Gasteiger partial charge in [-0.25, -0.2) is 18.9 Å². The van der Waals surface area contributed by atoms with Gasteiger partial charge in [-0.2, -0.15) is 5.10 Å². The maximum Gasteiger partial charge on any atom is 0.261 e. The lowest BCUT2D eigenvalue weighted by Gasteiger charge is -2.33. The number of piperidine rings is 1. The van der Waals surface area contributed by atoms with Crippen LogP contribution >= 0.6 is 0 Å². The van der Waals surface area contributed by atoms with E-state index in [0.29, 0.717) is 23.4 Å². The maximum absolute atomic E-state index is 13.3. The number of fused-ring (bicyclic) bond motifs is 2. The van der Waals surface area contributed by atoms with Gasteiger partial charge in [0, 0.05) is 38.1 Å². The second-order valence-electron chi connectivity index (χ2n) is 7.21. The van der Waals surface area contributed by atoms with E-state index in [0.717, 1.165) is 37.3 Å². The van der Waals surface area contributed by atoms with Gasteiger partial charge in [0.1, 0.15) is 11.3 Å². The fraction of sp³-hybridized carbons (Fsp3) is 0.300. The van der Waals surface area contributed by atoms with Gasteiger partial charge >= 0.3 is 0 Å². The van der Waals surface area contributed by atoms with Crippen LogP contribution < -0.4 is 10.5 Å². The fourth-order valence-corrected chi connectivity index (χ4v) is 3.95. The molecule has 1 aliphatic heterocycles. The predicted octanol–water partition coefficient (Wildman–Crippen LogP) is 2.49. The molecule has 1 fully saturated rings. The summed E-state index contributed by atoms with van der Waals surface area (Å²) in [6.45, 7) is 2.38. The van der Waals surface area contributed by atoms with Gasteiger partial charge in [-0.3, -0.25) is 9.36 Å². The van der Waals surface area contributed by atoms with E-state index in [1.165, 1.54) is 24.5 Å². The van der Waals surface area contributed by atoms with Crippen molar-refractivity contribution in [3.05, 3.63) is 65.4 Å². The summed E-state index contributed by atoms with van der Waals surface area (Å²) >= 11 is 0. The third kappa shape index (κ3) is 2.90. The normalized spacial score (nSPS) is 15.5. The van der Waals surface area contributed by atoms with Crippen LogP contribution in [0.3, 0.4) is 0 Å². The molecule has 0 atom stereocenters. The number of halogens is 1. The SMILES string of the molecule is O=c1c2ccc(F)cc2ncn1CC1CCN(c2nccn3nccc23)CC1. The van der Waals surface area contributed by atoms with Crippen LogP contribution in [0.2, 0.25) is 0 Å². The molecule has 5 rings (SSSR count). The van der Waals surface area contributed by atoms with Crippen LogP contribution in [0.5, 0.6) is 0 Å². The summed E-state index contributed by atoms with van der Waals surface area (Å²) in [4.78, 5) is 23.8. The Kier molecular flexibility index (Phi) is 4.03. The average Bonchev–Trinajstić information content (AvgIpc) is 3.20. The number of benzene rings is 1. The highest BCUT2D eigenvalue weighted by atomic mass is 19.1. The fourth-order valence-electron chi connectivity index (χ4n) is 3.95. The Morgan fingerprint density at radius 2 is 1.96 bits per heavy atom. The van der Waals surface area contributed by atoms with E-state index in [4.69, 9.17) is 0 Å². The van der Waals surface area contributed by atoms with Gasteiger partial charge in [0.05, 0.1) is 23.4 Å². The first-order valence-corrected chi connectivity index (χ1v) is 9.37. The van der Waals surface area contributed by atoms with Crippen molar-refractivity contribution in [1.82, 2.24) is 24.1 Å². The predicted molar refractivity (Wildman–Crippen MR) is 104 cm³/mol. The molecule has 8 heteroatoms. The lowest BCUT2D eigenvalue weighted by atomic mass is 9.96. The van der Waals surface area contributed by atoms with Gasteiger partial charge in [-0.1, -0.05) is 0 Å². The number of anilines is 1. The Morgan fingerprint density at radius 1 is 1.11 bits per heavy atom. The first-order chi connectivity index (χ1) is 13.7. The summed E-state index contributed by atoms with van der Waals surface area (Å²) in [5, 5.41) is 4.72. The standard InChI is InChI=1S/C20H19FN6O/c21-15-1-2-16-17(11-15)23-13-26(20(16)28)12-14-4-8-25(9-5-14)19-18-3-6-24-27(18)10-7-22-19/h1-3,6-7,10-11,13-14H,4-5,8-9,12H2. The molecular formula is C20H19FN6O. The monoisotopic (exact) mass is 378 g/mol. The van der Waals surface area contributed by atoms with Crippen molar-refractivity contribution in [2.24, 2.45) is 5.92 Å². The molecule has 0 bridgehead atoms. The molecule has 3 aromatic heterocycles. The third-order valence-electron chi connectivity index (χ3n) is 5.46. The van der Waals surface area contributed by atoms with Crippen LogP contribution in [-0.4, -0.2) is 37.2 Å². The topological polar surface area (TPSA) is 68.3 Å². The molecule has 0 aliphatic carbocycles. The van der Waals surface area contributed by atoms with Gasteiger partial charge in [-0.15, -0.1) is 0 Å². The van der Waals surface area contributed by atoms with Gasteiger partial charge in [0.2, 0.25) is 0 Å². The van der Waals surface area contributed by atoms with Crippen molar-refractivity contribution in [2.75, 3.05) is 18.0 Å². The van der Waals surface area contributed by atoms with Crippen molar-refractivity contribution in [1.29, 1.82) is 0 Å². The van der Waals surface area contributed by atoms with Crippen LogP contribution in [0.4, 0.5) is 10.2 Å². The summed E-state index contributed by atoms with van der Waals surface area (Å²) in [5.74, 6) is 0.953. The van der Waals surface area contributed by atoms with E-state index in [1.54, 1.807) is 17.0 Å². The Balaban J connectivity index is 1.32. The summed E-state index contributed by atoms with van der Waals surface area (Å²) in [6, 6.07) is 6.08. The smallest absolute Gasteiger partial charge is 0.261 e. The minimum absolute atomic E-state index is 0.113. The zero-order chi connectivity index (χ0) is 19.1. The molecule has 7 nitrogen and oxygen atoms in total. The molecule has 0 N–H and O–H groups in total. The molecule has 4 aromatic rings. The highest BCUT2D eigenvalue weighted by Gasteiger charge is 2.22. The molecule has 0 spiro atoms. The van der Waals surface area contributed by atoms with Crippen LogP contribution in [-0.2, 0) is 6.54 Å². The minimum Gasteiger partial charge on any atom is -0.355 e. The molecule has 0 saturated carbocycles. The lowest BCUT2D eigenvalue weighted by Crippen LogP contribution is -2.37. The van der Waals surface area contributed by atoms with Crippen LogP contribution in [0.1, 0.15) is 12.8 Å². The molecule has 1 aromatic carbocycles. The molecule has 1 aliphatic rings. The second kappa shape index (κ2) is 6.70. The summed E-state index contributed by atoms with van der Waals surface area (Å²) < 4.78 is 16.8. The maximum atomic E-state index is 13.3. The van der Waals surface area contributed by atoms with Gasteiger partial charge < -0.3 is 4.90 Å². The van der Waals surface area contributed by atoms with E-state index >= 15 is 0 Å². The Morgan fingerprint density at radius 3 is 2.82 bits per heavy atom. The number of nitrogens with zero attached hydrogens (tertiary/aromatic N) is 6. The quantitative estimate of drug-likeness (QED) is 0.548. The number of aromatic nitrogens is 5. The summed E-state index contributed by atoms with van der Waals surface area (Å²) in [6.07, 6.45) is 8.85. The van der Waals surface area contributed by atoms with Crippen molar-refractivity contribution >= 4 is 22.2 Å². The summed E-state index contributed by atoms with van der Waals surface area (Å²) in [5.41, 5.74) is 1.29. The molecule has 0 unspecified atom stereocenters. The zero-order valence-electron chi connectivity index (χ0n) is 15.2. The molecule has 28 heavy (non-hydrogen) atoms. The molecule has 0 radical (unpaired) electrons. The molecular weight excluding hydrogens is 359 g/mol. The second-order valence-corrected chi connectivity index (χ2v) is 7.21. The van der Waals surface area contributed by atoms with E-state index in [-0.39, 0.29) is 11.4 Å². The van der Waals surface area contributed by atoms with E-state index in [9.17, 15) is 9.18 Å². The van der Waals surface area contributed by atoms with Crippen molar-refractivity contribution in [3.63, 3.8) is 0 Å².